The highest BCUT2D eigenvalue weighted by Gasteiger charge is 2.24. The van der Waals surface area contributed by atoms with Crippen molar-refractivity contribution in [3.8, 4) is 5.75 Å². The van der Waals surface area contributed by atoms with Crippen LogP contribution < -0.4 is 10.5 Å². The van der Waals surface area contributed by atoms with Crippen molar-refractivity contribution in [3.05, 3.63) is 29.6 Å². The minimum Gasteiger partial charge on any atom is -0.496 e. The number of carbonyl (C=O) groups excluding carboxylic acids is 1. The molecule has 0 aliphatic carbocycles. The van der Waals surface area contributed by atoms with Gasteiger partial charge < -0.3 is 15.4 Å². The van der Waals surface area contributed by atoms with E-state index in [2.05, 4.69) is 0 Å². The van der Waals surface area contributed by atoms with Gasteiger partial charge >= 0.3 is 0 Å². The Labute approximate surface area is 123 Å². The van der Waals surface area contributed by atoms with Crippen molar-refractivity contribution in [2.45, 2.75) is 13.8 Å². The largest absolute Gasteiger partial charge is 0.496 e. The van der Waals surface area contributed by atoms with E-state index in [0.717, 1.165) is 0 Å². The monoisotopic (exact) mass is 298 g/mol. The standard InChI is InChI=1S/C14H19FN2O2S/c1-4-17(8-9(2)13(16)20)14(18)12-10(15)6-5-7-11(12)19-3/h5-7,9H,4,8H2,1-3H3,(H2,16,20). The number of hydrogen-bond donors (Lipinski definition) is 1. The van der Waals surface area contributed by atoms with Crippen LogP contribution in [0.3, 0.4) is 0 Å². The number of methoxy groups -OCH3 is 1. The third-order valence-corrected chi connectivity index (χ3v) is 3.46. The van der Waals surface area contributed by atoms with E-state index < -0.39 is 11.7 Å². The Morgan fingerprint density at radius 3 is 2.70 bits per heavy atom. The molecular formula is C14H19FN2O2S. The Bertz CT molecular complexity index is 508. The number of benzene rings is 1. The lowest BCUT2D eigenvalue weighted by atomic mass is 10.1. The fourth-order valence-corrected chi connectivity index (χ4v) is 1.89. The molecule has 1 rings (SSSR count). The molecule has 0 bridgehead atoms. The van der Waals surface area contributed by atoms with Crippen LogP contribution >= 0.6 is 12.2 Å². The molecule has 0 aliphatic heterocycles. The molecule has 0 radical (unpaired) electrons. The quantitative estimate of drug-likeness (QED) is 0.818. The third kappa shape index (κ3) is 3.66. The zero-order chi connectivity index (χ0) is 15.3. The molecule has 2 N–H and O–H groups in total. The summed E-state index contributed by atoms with van der Waals surface area (Å²) in [6.45, 7) is 4.43. The van der Waals surface area contributed by atoms with E-state index in [1.165, 1.54) is 24.1 Å². The third-order valence-electron chi connectivity index (χ3n) is 3.06. The molecule has 1 amide bonds. The first kappa shape index (κ1) is 16.4. The fraction of sp³-hybridized carbons (Fsp3) is 0.429. The zero-order valence-corrected chi connectivity index (χ0v) is 12.7. The van der Waals surface area contributed by atoms with E-state index in [4.69, 9.17) is 22.7 Å². The number of amides is 1. The van der Waals surface area contributed by atoms with Crippen LogP contribution in [0.5, 0.6) is 5.75 Å². The predicted molar refractivity (Wildman–Crippen MR) is 80.5 cm³/mol. The first-order valence-corrected chi connectivity index (χ1v) is 6.74. The van der Waals surface area contributed by atoms with Gasteiger partial charge in [-0.2, -0.15) is 0 Å². The van der Waals surface area contributed by atoms with Crippen molar-refractivity contribution in [1.29, 1.82) is 0 Å². The molecule has 20 heavy (non-hydrogen) atoms. The van der Waals surface area contributed by atoms with Crippen molar-refractivity contribution in [2.75, 3.05) is 20.2 Å². The van der Waals surface area contributed by atoms with Crippen LogP contribution in [0.2, 0.25) is 0 Å². The van der Waals surface area contributed by atoms with Gasteiger partial charge in [-0.1, -0.05) is 25.2 Å². The van der Waals surface area contributed by atoms with Gasteiger partial charge in [-0.15, -0.1) is 0 Å². The van der Waals surface area contributed by atoms with Gasteiger partial charge in [0.25, 0.3) is 5.91 Å². The molecule has 0 heterocycles. The summed E-state index contributed by atoms with van der Waals surface area (Å²) in [4.78, 5) is 14.3. The van der Waals surface area contributed by atoms with Gasteiger partial charge in [0, 0.05) is 19.0 Å². The van der Waals surface area contributed by atoms with E-state index in [-0.39, 0.29) is 17.2 Å². The Morgan fingerprint density at radius 1 is 1.55 bits per heavy atom. The number of nitrogens with zero attached hydrogens (tertiary/aromatic N) is 1. The van der Waals surface area contributed by atoms with Gasteiger partial charge in [-0.25, -0.2) is 4.39 Å². The molecule has 0 spiro atoms. The summed E-state index contributed by atoms with van der Waals surface area (Å²) in [6.07, 6.45) is 0. The van der Waals surface area contributed by atoms with Gasteiger partial charge in [0.15, 0.2) is 0 Å². The molecule has 0 saturated carbocycles. The molecule has 1 aromatic carbocycles. The maximum Gasteiger partial charge on any atom is 0.260 e. The highest BCUT2D eigenvalue weighted by Crippen LogP contribution is 2.23. The highest BCUT2D eigenvalue weighted by molar-refractivity contribution is 7.80. The highest BCUT2D eigenvalue weighted by atomic mass is 32.1. The van der Waals surface area contributed by atoms with E-state index in [9.17, 15) is 9.18 Å². The van der Waals surface area contributed by atoms with Crippen molar-refractivity contribution in [3.63, 3.8) is 0 Å². The number of rotatable bonds is 6. The molecule has 0 aliphatic rings. The molecule has 1 unspecified atom stereocenters. The minimum absolute atomic E-state index is 0.0630. The molecule has 1 atom stereocenters. The van der Waals surface area contributed by atoms with Crippen LogP contribution in [0.4, 0.5) is 4.39 Å². The van der Waals surface area contributed by atoms with Crippen LogP contribution in [0.1, 0.15) is 24.2 Å². The summed E-state index contributed by atoms with van der Waals surface area (Å²) in [5.74, 6) is -0.940. The maximum absolute atomic E-state index is 13.9. The molecule has 0 saturated heterocycles. The Kier molecular flexibility index (Phi) is 5.88. The Hall–Kier alpha value is -1.69. The van der Waals surface area contributed by atoms with E-state index in [1.807, 2.05) is 13.8 Å². The van der Waals surface area contributed by atoms with Gasteiger partial charge in [0.1, 0.15) is 17.1 Å². The van der Waals surface area contributed by atoms with E-state index in [1.54, 1.807) is 6.07 Å². The second kappa shape index (κ2) is 7.19. The topological polar surface area (TPSA) is 55.6 Å². The number of carbonyl (C=O) groups is 1. The molecule has 0 fully saturated rings. The maximum atomic E-state index is 13.9. The molecule has 1 aromatic rings. The van der Waals surface area contributed by atoms with Crippen LogP contribution in [0.15, 0.2) is 18.2 Å². The lowest BCUT2D eigenvalue weighted by Crippen LogP contribution is -2.38. The van der Waals surface area contributed by atoms with Crippen LogP contribution in [0, 0.1) is 11.7 Å². The first-order chi connectivity index (χ1) is 9.42. The average Bonchev–Trinajstić information content (AvgIpc) is 2.43. The Morgan fingerprint density at radius 2 is 2.20 bits per heavy atom. The molecule has 110 valence electrons. The van der Waals surface area contributed by atoms with E-state index in [0.29, 0.717) is 18.1 Å². The normalized spacial score (nSPS) is 11.8. The fourth-order valence-electron chi connectivity index (χ4n) is 1.82. The van der Waals surface area contributed by atoms with Gasteiger partial charge in [0.05, 0.1) is 12.1 Å². The van der Waals surface area contributed by atoms with Crippen molar-refractivity contribution in [2.24, 2.45) is 11.7 Å². The van der Waals surface area contributed by atoms with Crippen LogP contribution in [-0.4, -0.2) is 36.0 Å². The second-order valence-corrected chi connectivity index (χ2v) is 4.94. The summed E-state index contributed by atoms with van der Waals surface area (Å²) >= 11 is 4.90. The number of nitrogens with two attached hydrogens (primary N) is 1. The molecule has 4 nitrogen and oxygen atoms in total. The van der Waals surface area contributed by atoms with Crippen LogP contribution in [0.25, 0.3) is 0 Å². The number of thiocarbonyl (C=S) groups is 1. The number of halogens is 1. The average molecular weight is 298 g/mol. The molecule has 6 heteroatoms. The van der Waals surface area contributed by atoms with Crippen molar-refractivity contribution in [1.82, 2.24) is 4.90 Å². The summed E-state index contributed by atoms with van der Waals surface area (Å²) < 4.78 is 19.0. The van der Waals surface area contributed by atoms with Gasteiger partial charge in [-0.3, -0.25) is 4.79 Å². The first-order valence-electron chi connectivity index (χ1n) is 6.33. The predicted octanol–water partition coefficient (Wildman–Crippen LogP) is 2.22. The summed E-state index contributed by atoms with van der Waals surface area (Å²) in [5, 5.41) is 0. The Balaban J connectivity index is 3.06. The molecular weight excluding hydrogens is 279 g/mol. The SMILES string of the molecule is CCN(CC(C)C(N)=S)C(=O)c1c(F)cccc1OC. The van der Waals surface area contributed by atoms with Gasteiger partial charge in [0.2, 0.25) is 0 Å². The number of ether oxygens (including phenoxy) is 1. The summed E-state index contributed by atoms with van der Waals surface area (Å²) in [5.41, 5.74) is 5.50. The second-order valence-electron chi connectivity index (χ2n) is 4.46. The summed E-state index contributed by atoms with van der Waals surface area (Å²) in [7, 11) is 1.40. The summed E-state index contributed by atoms with van der Waals surface area (Å²) in [6, 6.07) is 4.29. The molecule has 0 aromatic heterocycles. The van der Waals surface area contributed by atoms with E-state index >= 15 is 0 Å². The smallest absolute Gasteiger partial charge is 0.260 e. The lowest BCUT2D eigenvalue weighted by Gasteiger charge is -2.25. The zero-order valence-electron chi connectivity index (χ0n) is 11.9. The number of hydrogen-bond acceptors (Lipinski definition) is 3. The van der Waals surface area contributed by atoms with Crippen LogP contribution in [-0.2, 0) is 0 Å². The minimum atomic E-state index is -0.601. The van der Waals surface area contributed by atoms with Crippen molar-refractivity contribution < 1.29 is 13.9 Å². The van der Waals surface area contributed by atoms with Crippen molar-refractivity contribution >= 4 is 23.1 Å². The lowest BCUT2D eigenvalue weighted by molar-refractivity contribution is 0.0746. The van der Waals surface area contributed by atoms with Gasteiger partial charge in [-0.05, 0) is 19.1 Å².